The second-order valence-corrected chi connectivity index (χ2v) is 5.56. The molecule has 0 saturated heterocycles. The van der Waals surface area contributed by atoms with Gasteiger partial charge in [0.1, 0.15) is 0 Å². The van der Waals surface area contributed by atoms with E-state index in [1.807, 2.05) is 20.8 Å². The van der Waals surface area contributed by atoms with Gasteiger partial charge >= 0.3 is 6.18 Å². The van der Waals surface area contributed by atoms with Crippen LogP contribution in [0.2, 0.25) is 0 Å². The molecule has 0 aliphatic rings. The highest BCUT2D eigenvalue weighted by Crippen LogP contribution is 2.34. The fourth-order valence-corrected chi connectivity index (χ4v) is 1.96. The smallest absolute Gasteiger partial charge is 0.322 e. The molecular formula is C14H14F3NO. The van der Waals surface area contributed by atoms with Crippen molar-refractivity contribution in [1.82, 2.24) is 4.98 Å². The van der Waals surface area contributed by atoms with E-state index in [9.17, 15) is 18.0 Å². The highest BCUT2D eigenvalue weighted by molar-refractivity contribution is 5.83. The molecule has 0 radical (unpaired) electrons. The van der Waals surface area contributed by atoms with Crippen LogP contribution in [-0.4, -0.2) is 4.98 Å². The minimum Gasteiger partial charge on any atom is -0.322 e. The van der Waals surface area contributed by atoms with Gasteiger partial charge in [0.15, 0.2) is 0 Å². The number of alkyl halides is 3. The van der Waals surface area contributed by atoms with Gasteiger partial charge in [0.2, 0.25) is 5.56 Å². The van der Waals surface area contributed by atoms with E-state index >= 15 is 0 Å². The summed E-state index contributed by atoms with van der Waals surface area (Å²) in [4.78, 5) is 13.8. The van der Waals surface area contributed by atoms with Gasteiger partial charge < -0.3 is 4.98 Å². The van der Waals surface area contributed by atoms with Crippen molar-refractivity contribution in [3.05, 3.63) is 45.7 Å². The lowest BCUT2D eigenvalue weighted by molar-refractivity contribution is -0.136. The number of pyridine rings is 1. The third-order valence-electron chi connectivity index (χ3n) is 3.01. The van der Waals surface area contributed by atoms with E-state index in [1.54, 1.807) is 12.1 Å². The fourth-order valence-electron chi connectivity index (χ4n) is 1.96. The molecule has 0 bridgehead atoms. The molecule has 0 amide bonds. The van der Waals surface area contributed by atoms with Crippen molar-refractivity contribution < 1.29 is 13.2 Å². The number of rotatable bonds is 0. The molecule has 0 aliphatic carbocycles. The number of aromatic nitrogens is 1. The van der Waals surface area contributed by atoms with Crippen molar-refractivity contribution >= 4 is 10.9 Å². The zero-order chi connectivity index (χ0) is 14.4. The number of fused-ring (bicyclic) bond motifs is 1. The minimum atomic E-state index is -4.53. The normalized spacial score (nSPS) is 12.9. The SMILES string of the molecule is CC(C)(C)c1ccc2c(C(F)(F)F)cc(=O)[nH]c2c1. The van der Waals surface area contributed by atoms with Crippen LogP contribution in [0.4, 0.5) is 13.2 Å². The predicted octanol–water partition coefficient (Wildman–Crippen LogP) is 3.84. The van der Waals surface area contributed by atoms with E-state index in [0.717, 1.165) is 5.56 Å². The maximum atomic E-state index is 12.9. The lowest BCUT2D eigenvalue weighted by atomic mass is 9.86. The Morgan fingerprint density at radius 2 is 1.68 bits per heavy atom. The Hall–Kier alpha value is -1.78. The summed E-state index contributed by atoms with van der Waals surface area (Å²) in [5.41, 5.74) is -0.751. The molecule has 1 heterocycles. The lowest BCUT2D eigenvalue weighted by Gasteiger charge is -2.20. The van der Waals surface area contributed by atoms with E-state index < -0.39 is 17.3 Å². The van der Waals surface area contributed by atoms with E-state index in [1.165, 1.54) is 6.07 Å². The molecule has 2 aromatic rings. The van der Waals surface area contributed by atoms with Crippen molar-refractivity contribution in [2.75, 3.05) is 0 Å². The van der Waals surface area contributed by atoms with Crippen LogP contribution in [0, 0.1) is 0 Å². The molecule has 2 rings (SSSR count). The third-order valence-corrected chi connectivity index (χ3v) is 3.01. The van der Waals surface area contributed by atoms with E-state index in [2.05, 4.69) is 4.98 Å². The monoisotopic (exact) mass is 269 g/mol. The molecule has 102 valence electrons. The maximum absolute atomic E-state index is 12.9. The first-order chi connectivity index (χ1) is 8.59. The Bertz CT molecular complexity index is 678. The number of nitrogens with one attached hydrogen (secondary N) is 1. The zero-order valence-electron chi connectivity index (χ0n) is 10.9. The van der Waals surface area contributed by atoms with E-state index in [0.29, 0.717) is 6.07 Å². The number of halogens is 3. The molecule has 5 heteroatoms. The number of hydrogen-bond acceptors (Lipinski definition) is 1. The van der Waals surface area contributed by atoms with Gasteiger partial charge in [-0.2, -0.15) is 13.2 Å². The Kier molecular flexibility index (Phi) is 2.96. The molecule has 0 spiro atoms. The summed E-state index contributed by atoms with van der Waals surface area (Å²) < 4.78 is 38.6. The number of benzene rings is 1. The van der Waals surface area contributed by atoms with Crippen molar-refractivity contribution in [3.8, 4) is 0 Å². The Morgan fingerprint density at radius 1 is 1.05 bits per heavy atom. The van der Waals surface area contributed by atoms with Crippen LogP contribution < -0.4 is 5.56 Å². The molecule has 2 nitrogen and oxygen atoms in total. The van der Waals surface area contributed by atoms with Gasteiger partial charge in [0, 0.05) is 17.0 Å². The number of hydrogen-bond donors (Lipinski definition) is 1. The van der Waals surface area contributed by atoms with Crippen LogP contribution in [0.3, 0.4) is 0 Å². The molecule has 0 atom stereocenters. The van der Waals surface area contributed by atoms with E-state index in [4.69, 9.17) is 0 Å². The summed E-state index contributed by atoms with van der Waals surface area (Å²) in [5, 5.41) is 0.0140. The summed E-state index contributed by atoms with van der Waals surface area (Å²) in [6.07, 6.45) is -4.53. The largest absolute Gasteiger partial charge is 0.417 e. The van der Waals surface area contributed by atoms with Crippen LogP contribution in [0.1, 0.15) is 31.9 Å². The Labute approximate surface area is 108 Å². The third kappa shape index (κ3) is 2.64. The second-order valence-electron chi connectivity index (χ2n) is 5.56. The minimum absolute atomic E-state index is 0.0140. The average molecular weight is 269 g/mol. The van der Waals surface area contributed by atoms with Gasteiger partial charge in [-0.3, -0.25) is 4.79 Å². The zero-order valence-corrected chi connectivity index (χ0v) is 10.9. The van der Waals surface area contributed by atoms with Gasteiger partial charge in [0.05, 0.1) is 5.56 Å². The average Bonchev–Trinajstić information content (AvgIpc) is 2.24. The molecular weight excluding hydrogens is 255 g/mol. The molecule has 0 unspecified atom stereocenters. The van der Waals surface area contributed by atoms with Crippen LogP contribution >= 0.6 is 0 Å². The summed E-state index contributed by atoms with van der Waals surface area (Å²) in [6, 6.07) is 5.27. The standard InChI is InChI=1S/C14H14F3NO/c1-13(2,3)8-4-5-9-10(14(15,16)17)7-12(19)18-11(9)6-8/h4-7H,1-3H3,(H,18,19). The van der Waals surface area contributed by atoms with Gasteiger partial charge in [-0.1, -0.05) is 32.9 Å². The van der Waals surface area contributed by atoms with Gasteiger partial charge in [-0.25, -0.2) is 0 Å². The molecule has 19 heavy (non-hydrogen) atoms. The first kappa shape index (κ1) is 13.6. The molecule has 1 aromatic heterocycles. The van der Waals surface area contributed by atoms with Crippen LogP contribution in [-0.2, 0) is 11.6 Å². The van der Waals surface area contributed by atoms with Crippen LogP contribution in [0.25, 0.3) is 10.9 Å². The lowest BCUT2D eigenvalue weighted by Crippen LogP contribution is -2.15. The van der Waals surface area contributed by atoms with Gasteiger partial charge in [-0.05, 0) is 17.0 Å². The quantitative estimate of drug-likeness (QED) is 0.774. The van der Waals surface area contributed by atoms with Crippen molar-refractivity contribution in [3.63, 3.8) is 0 Å². The van der Waals surface area contributed by atoms with Crippen LogP contribution in [0.15, 0.2) is 29.1 Å². The fraction of sp³-hybridized carbons (Fsp3) is 0.357. The van der Waals surface area contributed by atoms with E-state index in [-0.39, 0.29) is 16.3 Å². The molecule has 1 aromatic carbocycles. The maximum Gasteiger partial charge on any atom is 0.417 e. The Morgan fingerprint density at radius 3 is 2.21 bits per heavy atom. The first-order valence-electron chi connectivity index (χ1n) is 5.84. The van der Waals surface area contributed by atoms with Crippen molar-refractivity contribution in [1.29, 1.82) is 0 Å². The summed E-state index contributed by atoms with van der Waals surface area (Å²) in [7, 11) is 0. The predicted molar refractivity (Wildman–Crippen MR) is 68.3 cm³/mol. The molecule has 0 aliphatic heterocycles. The summed E-state index contributed by atoms with van der Waals surface area (Å²) >= 11 is 0. The molecule has 0 fully saturated rings. The highest BCUT2D eigenvalue weighted by Gasteiger charge is 2.33. The highest BCUT2D eigenvalue weighted by atomic mass is 19.4. The van der Waals surface area contributed by atoms with Crippen molar-refractivity contribution in [2.45, 2.75) is 32.4 Å². The molecule has 0 saturated carbocycles. The number of aromatic amines is 1. The summed E-state index contributed by atoms with van der Waals surface area (Å²) in [6.45, 7) is 5.87. The van der Waals surface area contributed by atoms with Crippen molar-refractivity contribution in [2.24, 2.45) is 0 Å². The first-order valence-corrected chi connectivity index (χ1v) is 5.84. The molecule has 1 N–H and O–H groups in total. The topological polar surface area (TPSA) is 32.9 Å². The second kappa shape index (κ2) is 4.11. The summed E-state index contributed by atoms with van der Waals surface area (Å²) in [5.74, 6) is 0. The Balaban J connectivity index is 2.80. The number of H-pyrrole nitrogens is 1. The van der Waals surface area contributed by atoms with Gasteiger partial charge in [-0.15, -0.1) is 0 Å². The van der Waals surface area contributed by atoms with Crippen LogP contribution in [0.5, 0.6) is 0 Å². The van der Waals surface area contributed by atoms with Gasteiger partial charge in [0.25, 0.3) is 0 Å².